The van der Waals surface area contributed by atoms with Gasteiger partial charge in [-0.2, -0.15) is 0 Å². The predicted octanol–water partition coefficient (Wildman–Crippen LogP) is 4.02. The number of nitrogens with zero attached hydrogens (tertiary/aromatic N) is 3. The summed E-state index contributed by atoms with van der Waals surface area (Å²) in [6.45, 7) is 3.34. The second kappa shape index (κ2) is 8.63. The van der Waals surface area contributed by atoms with Gasteiger partial charge in [-0.25, -0.2) is 0 Å². The average molecular weight is 457 g/mol. The molecule has 162 valence electrons. The Morgan fingerprint density at radius 2 is 1.97 bits per heavy atom. The van der Waals surface area contributed by atoms with Crippen LogP contribution in [0.4, 0.5) is 0 Å². The monoisotopic (exact) mass is 456 g/mol. The second-order valence-corrected chi connectivity index (χ2v) is 10.5. The van der Waals surface area contributed by atoms with Crippen LogP contribution in [0, 0.1) is 12.8 Å². The molecule has 3 aromatic rings. The van der Waals surface area contributed by atoms with Crippen molar-refractivity contribution < 1.29 is 14.0 Å². The van der Waals surface area contributed by atoms with E-state index in [0.717, 1.165) is 46.0 Å². The molecule has 0 unspecified atom stereocenters. The van der Waals surface area contributed by atoms with Gasteiger partial charge in [0.15, 0.2) is 10.1 Å². The van der Waals surface area contributed by atoms with E-state index in [0.29, 0.717) is 30.2 Å². The van der Waals surface area contributed by atoms with Gasteiger partial charge in [0.2, 0.25) is 5.91 Å². The van der Waals surface area contributed by atoms with Gasteiger partial charge in [-0.15, -0.1) is 10.2 Å². The number of aromatic nitrogens is 2. The summed E-state index contributed by atoms with van der Waals surface area (Å²) in [4.78, 5) is 27.3. The number of likely N-dealkylation sites (tertiary alicyclic amines) is 1. The highest BCUT2D eigenvalue weighted by molar-refractivity contribution is 8.00. The summed E-state index contributed by atoms with van der Waals surface area (Å²) >= 11 is 3.11. The van der Waals surface area contributed by atoms with Crippen LogP contribution in [0.5, 0.6) is 0 Å². The summed E-state index contributed by atoms with van der Waals surface area (Å²) in [6.07, 6.45) is 3.61. The molecule has 1 N–H and O–H groups in total. The minimum absolute atomic E-state index is 0.0512. The number of thioether (sulfide) groups is 1. The fourth-order valence-electron chi connectivity index (χ4n) is 3.98. The summed E-state index contributed by atoms with van der Waals surface area (Å²) < 4.78 is 6.85. The van der Waals surface area contributed by atoms with Crippen molar-refractivity contribution in [3.05, 3.63) is 40.6 Å². The molecule has 1 aliphatic carbocycles. The smallest absolute Gasteiger partial charge is 0.287 e. The van der Waals surface area contributed by atoms with Gasteiger partial charge in [-0.1, -0.05) is 41.3 Å². The first-order valence-corrected chi connectivity index (χ1v) is 12.4. The van der Waals surface area contributed by atoms with Gasteiger partial charge < -0.3 is 14.6 Å². The Balaban J connectivity index is 1.28. The van der Waals surface area contributed by atoms with Gasteiger partial charge in [0, 0.05) is 41.8 Å². The number of hydrogen-bond donors (Lipinski definition) is 1. The maximum Gasteiger partial charge on any atom is 0.287 e. The number of furan rings is 1. The van der Waals surface area contributed by atoms with Crippen LogP contribution in [0.1, 0.15) is 46.8 Å². The van der Waals surface area contributed by atoms with Crippen LogP contribution < -0.4 is 5.32 Å². The van der Waals surface area contributed by atoms with E-state index >= 15 is 0 Å². The number of nitrogens with one attached hydrogen (secondary N) is 1. The maximum absolute atomic E-state index is 13.1. The SMILES string of the molecule is Cc1nnc(SCc2c(C(=O)NC3CCN(C(=O)C4CC4)CC3)oc3ccccc23)s1. The molecule has 0 spiro atoms. The molecule has 0 radical (unpaired) electrons. The molecular weight excluding hydrogens is 432 g/mol. The lowest BCUT2D eigenvalue weighted by Gasteiger charge is -2.32. The van der Waals surface area contributed by atoms with E-state index in [4.69, 9.17) is 4.42 Å². The van der Waals surface area contributed by atoms with Crippen molar-refractivity contribution in [3.8, 4) is 0 Å². The largest absolute Gasteiger partial charge is 0.451 e. The number of carbonyl (C=O) groups excluding carboxylic acids is 2. The third-order valence-corrected chi connectivity index (χ3v) is 7.82. The van der Waals surface area contributed by atoms with Crippen molar-refractivity contribution in [2.24, 2.45) is 5.92 Å². The molecule has 0 bridgehead atoms. The van der Waals surface area contributed by atoms with Gasteiger partial charge in [-0.3, -0.25) is 9.59 Å². The van der Waals surface area contributed by atoms with Crippen LogP contribution in [0.15, 0.2) is 33.0 Å². The summed E-state index contributed by atoms with van der Waals surface area (Å²) in [5.41, 5.74) is 1.59. The normalized spacial score (nSPS) is 17.3. The van der Waals surface area contributed by atoms with E-state index < -0.39 is 0 Å². The lowest BCUT2D eigenvalue weighted by atomic mass is 10.0. The van der Waals surface area contributed by atoms with Crippen LogP contribution in [0.2, 0.25) is 0 Å². The molecule has 1 saturated carbocycles. The molecule has 2 amide bonds. The van der Waals surface area contributed by atoms with E-state index in [2.05, 4.69) is 15.5 Å². The van der Waals surface area contributed by atoms with Crippen LogP contribution >= 0.6 is 23.1 Å². The Morgan fingerprint density at radius 3 is 2.68 bits per heavy atom. The zero-order valence-electron chi connectivity index (χ0n) is 17.3. The first-order chi connectivity index (χ1) is 15.1. The van der Waals surface area contributed by atoms with Crippen molar-refractivity contribution in [2.75, 3.05) is 13.1 Å². The third-order valence-electron chi connectivity index (χ3n) is 5.82. The van der Waals surface area contributed by atoms with Crippen LogP contribution in [0.25, 0.3) is 11.0 Å². The number of benzene rings is 1. The quantitative estimate of drug-likeness (QED) is 0.564. The molecule has 7 nitrogen and oxygen atoms in total. The van der Waals surface area contributed by atoms with Gasteiger partial charge in [0.25, 0.3) is 5.91 Å². The predicted molar refractivity (Wildman–Crippen MR) is 120 cm³/mol. The second-order valence-electron chi connectivity index (χ2n) is 8.13. The molecule has 1 saturated heterocycles. The van der Waals surface area contributed by atoms with Crippen LogP contribution in [-0.2, 0) is 10.5 Å². The van der Waals surface area contributed by atoms with Gasteiger partial charge in [-0.05, 0) is 38.7 Å². The third kappa shape index (κ3) is 4.48. The number of para-hydroxylation sites is 1. The summed E-state index contributed by atoms with van der Waals surface area (Å²) in [6, 6.07) is 7.78. The average Bonchev–Trinajstić information content (AvgIpc) is 3.45. The highest BCUT2D eigenvalue weighted by Crippen LogP contribution is 2.34. The van der Waals surface area contributed by atoms with E-state index in [1.807, 2.05) is 36.1 Å². The van der Waals surface area contributed by atoms with Gasteiger partial charge >= 0.3 is 0 Å². The van der Waals surface area contributed by atoms with Crippen molar-refractivity contribution in [1.29, 1.82) is 0 Å². The standard InChI is InChI=1S/C22H24N4O3S2/c1-13-24-25-22(31-13)30-12-17-16-4-2-3-5-18(16)29-19(17)20(27)23-15-8-10-26(11-9-15)21(28)14-6-7-14/h2-5,14-15H,6-12H2,1H3,(H,23,27). The molecule has 0 atom stereocenters. The van der Waals surface area contributed by atoms with Crippen molar-refractivity contribution in [3.63, 3.8) is 0 Å². The summed E-state index contributed by atoms with van der Waals surface area (Å²) in [5.74, 6) is 1.30. The number of rotatable bonds is 6. The maximum atomic E-state index is 13.1. The number of carbonyl (C=O) groups is 2. The fourth-order valence-corrected chi connectivity index (χ4v) is 5.82. The Morgan fingerprint density at radius 1 is 1.19 bits per heavy atom. The van der Waals surface area contributed by atoms with Crippen LogP contribution in [0.3, 0.4) is 0 Å². The number of piperidine rings is 1. The van der Waals surface area contributed by atoms with Gasteiger partial charge in [0.05, 0.1) is 0 Å². The zero-order valence-corrected chi connectivity index (χ0v) is 18.9. The fraction of sp³-hybridized carbons (Fsp3) is 0.455. The molecule has 1 aliphatic heterocycles. The number of hydrogen-bond acceptors (Lipinski definition) is 7. The Kier molecular flexibility index (Phi) is 5.71. The molecule has 2 aliphatic rings. The number of fused-ring (bicyclic) bond motifs is 1. The Labute approximate surface area is 188 Å². The molecule has 31 heavy (non-hydrogen) atoms. The van der Waals surface area contributed by atoms with Crippen molar-refractivity contribution >= 4 is 45.9 Å². The molecule has 2 aromatic heterocycles. The van der Waals surface area contributed by atoms with E-state index in [1.165, 1.54) is 0 Å². The van der Waals surface area contributed by atoms with Crippen LogP contribution in [-0.4, -0.2) is 46.0 Å². The molecule has 5 rings (SSSR count). The summed E-state index contributed by atoms with van der Waals surface area (Å²) in [5, 5.41) is 13.2. The van der Waals surface area contributed by atoms with E-state index in [9.17, 15) is 9.59 Å². The first-order valence-electron chi connectivity index (χ1n) is 10.6. The first kappa shape index (κ1) is 20.5. The minimum atomic E-state index is -0.188. The molecule has 1 aromatic carbocycles. The lowest BCUT2D eigenvalue weighted by Crippen LogP contribution is -2.47. The number of aryl methyl sites for hydroxylation is 1. The minimum Gasteiger partial charge on any atom is -0.451 e. The van der Waals surface area contributed by atoms with Crippen molar-refractivity contribution in [1.82, 2.24) is 20.4 Å². The Bertz CT molecular complexity index is 1110. The highest BCUT2D eigenvalue weighted by Gasteiger charge is 2.35. The molecule has 2 fully saturated rings. The lowest BCUT2D eigenvalue weighted by molar-refractivity contribution is -0.133. The van der Waals surface area contributed by atoms with E-state index in [-0.39, 0.29) is 23.8 Å². The molecule has 3 heterocycles. The summed E-state index contributed by atoms with van der Waals surface area (Å²) in [7, 11) is 0. The van der Waals surface area contributed by atoms with Gasteiger partial charge in [0.1, 0.15) is 10.6 Å². The Hall–Kier alpha value is -2.39. The highest BCUT2D eigenvalue weighted by atomic mass is 32.2. The van der Waals surface area contributed by atoms with E-state index in [1.54, 1.807) is 23.1 Å². The molecule has 9 heteroatoms. The molecular formula is C22H24N4O3S2. The zero-order chi connectivity index (χ0) is 21.4. The topological polar surface area (TPSA) is 88.3 Å². The number of amides is 2. The van der Waals surface area contributed by atoms with Crippen molar-refractivity contribution in [2.45, 2.75) is 48.7 Å².